The van der Waals surface area contributed by atoms with Crippen molar-refractivity contribution in [3.8, 4) is 5.75 Å². The third kappa shape index (κ3) is 3.08. The number of fused-ring (bicyclic) bond motifs is 1. The van der Waals surface area contributed by atoms with Gasteiger partial charge in [-0.2, -0.15) is 5.10 Å². The van der Waals surface area contributed by atoms with Gasteiger partial charge in [0.05, 0.1) is 18.7 Å². The van der Waals surface area contributed by atoms with E-state index < -0.39 is 0 Å². The Bertz CT molecular complexity index is 907. The molecular formula is C18H20ClN5O2. The number of hydrogen-bond acceptors (Lipinski definition) is 6. The monoisotopic (exact) mass is 373 g/mol. The van der Waals surface area contributed by atoms with Crippen LogP contribution in [0.25, 0.3) is 11.0 Å². The first-order valence-electron chi connectivity index (χ1n) is 8.52. The summed E-state index contributed by atoms with van der Waals surface area (Å²) < 4.78 is 11.2. The van der Waals surface area contributed by atoms with E-state index >= 15 is 0 Å². The lowest BCUT2D eigenvalue weighted by Gasteiger charge is -2.39. The molecule has 136 valence electrons. The lowest BCUT2D eigenvalue weighted by Crippen LogP contribution is -2.40. The second-order valence-electron chi connectivity index (χ2n) is 6.45. The lowest BCUT2D eigenvalue weighted by molar-refractivity contribution is 0.0535. The Balaban J connectivity index is 1.69. The van der Waals surface area contributed by atoms with E-state index in [2.05, 4.69) is 25.5 Å². The molecule has 7 nitrogen and oxygen atoms in total. The van der Waals surface area contributed by atoms with Crippen LogP contribution in [0.1, 0.15) is 18.4 Å². The van der Waals surface area contributed by atoms with E-state index in [0.717, 1.165) is 35.4 Å². The van der Waals surface area contributed by atoms with Gasteiger partial charge in [-0.1, -0.05) is 11.6 Å². The molecule has 0 spiro atoms. The number of benzene rings is 1. The van der Waals surface area contributed by atoms with Crippen molar-refractivity contribution in [2.75, 3.05) is 32.2 Å². The fourth-order valence-electron chi connectivity index (χ4n) is 3.56. The minimum atomic E-state index is -0.157. The lowest BCUT2D eigenvalue weighted by atomic mass is 9.73. The van der Waals surface area contributed by atoms with E-state index in [4.69, 9.17) is 21.1 Å². The van der Waals surface area contributed by atoms with E-state index in [1.807, 2.05) is 18.2 Å². The molecule has 2 N–H and O–H groups in total. The van der Waals surface area contributed by atoms with Crippen LogP contribution in [0.4, 0.5) is 5.82 Å². The highest BCUT2D eigenvalue weighted by Gasteiger charge is 2.37. The number of halogens is 1. The first-order chi connectivity index (χ1) is 12.7. The van der Waals surface area contributed by atoms with Gasteiger partial charge in [0, 0.05) is 35.8 Å². The highest BCUT2D eigenvalue weighted by Crippen LogP contribution is 2.41. The molecule has 1 aliphatic rings. The molecule has 4 rings (SSSR count). The van der Waals surface area contributed by atoms with Gasteiger partial charge in [-0.3, -0.25) is 5.10 Å². The van der Waals surface area contributed by atoms with Crippen molar-refractivity contribution in [1.82, 2.24) is 20.2 Å². The molecule has 0 aliphatic carbocycles. The summed E-state index contributed by atoms with van der Waals surface area (Å²) in [5, 5.41) is 12.0. The Morgan fingerprint density at radius 1 is 1.31 bits per heavy atom. The van der Waals surface area contributed by atoms with Crippen LogP contribution >= 0.6 is 11.6 Å². The number of methoxy groups -OCH3 is 1. The van der Waals surface area contributed by atoms with Crippen LogP contribution in [0.5, 0.6) is 5.75 Å². The molecule has 0 bridgehead atoms. The molecule has 1 aromatic carbocycles. The molecule has 26 heavy (non-hydrogen) atoms. The quantitative estimate of drug-likeness (QED) is 0.714. The molecule has 0 radical (unpaired) electrons. The fourth-order valence-corrected chi connectivity index (χ4v) is 3.73. The van der Waals surface area contributed by atoms with Crippen LogP contribution < -0.4 is 10.1 Å². The standard InChI is InChI=1S/C18H20ClN5O2/c1-25-15-3-2-12(19)8-14(15)18(4-6-26-7-5-18)10-20-16-13-9-23-24-17(13)22-11-21-16/h2-3,8-9,11H,4-7,10H2,1H3,(H2,20,21,22,23,24). The van der Waals surface area contributed by atoms with Gasteiger partial charge in [0.25, 0.3) is 0 Å². The van der Waals surface area contributed by atoms with Crippen molar-refractivity contribution < 1.29 is 9.47 Å². The molecule has 8 heteroatoms. The number of nitrogens with zero attached hydrogens (tertiary/aromatic N) is 3. The van der Waals surface area contributed by atoms with E-state index in [1.54, 1.807) is 13.3 Å². The molecule has 1 aliphatic heterocycles. The predicted octanol–water partition coefficient (Wildman–Crippen LogP) is 3.18. The highest BCUT2D eigenvalue weighted by molar-refractivity contribution is 6.30. The predicted molar refractivity (Wildman–Crippen MR) is 99.9 cm³/mol. The third-order valence-electron chi connectivity index (χ3n) is 5.03. The summed E-state index contributed by atoms with van der Waals surface area (Å²) in [6.07, 6.45) is 5.00. The normalized spacial score (nSPS) is 16.5. The van der Waals surface area contributed by atoms with E-state index in [9.17, 15) is 0 Å². The molecule has 0 amide bonds. The summed E-state index contributed by atoms with van der Waals surface area (Å²) in [5.74, 6) is 1.60. The minimum Gasteiger partial charge on any atom is -0.496 e. The summed E-state index contributed by atoms with van der Waals surface area (Å²) in [5.41, 5.74) is 1.65. The van der Waals surface area contributed by atoms with Crippen molar-refractivity contribution in [1.29, 1.82) is 0 Å². The number of rotatable bonds is 5. The molecule has 0 saturated carbocycles. The summed E-state index contributed by atoms with van der Waals surface area (Å²) in [6, 6.07) is 5.78. The van der Waals surface area contributed by atoms with Crippen LogP contribution in [0.3, 0.4) is 0 Å². The molecule has 0 unspecified atom stereocenters. The number of aromatic nitrogens is 4. The average Bonchev–Trinajstić information content (AvgIpc) is 3.16. The van der Waals surface area contributed by atoms with Gasteiger partial charge in [0.1, 0.15) is 17.9 Å². The number of hydrogen-bond donors (Lipinski definition) is 2. The maximum atomic E-state index is 6.30. The second kappa shape index (κ2) is 7.09. The Labute approximate surface area is 156 Å². The van der Waals surface area contributed by atoms with Crippen molar-refractivity contribution in [2.24, 2.45) is 0 Å². The second-order valence-corrected chi connectivity index (χ2v) is 6.88. The molecule has 2 aromatic heterocycles. The Morgan fingerprint density at radius 3 is 2.96 bits per heavy atom. The third-order valence-corrected chi connectivity index (χ3v) is 5.26. The van der Waals surface area contributed by atoms with Crippen LogP contribution in [0.2, 0.25) is 5.02 Å². The van der Waals surface area contributed by atoms with Gasteiger partial charge in [0.2, 0.25) is 0 Å². The summed E-state index contributed by atoms with van der Waals surface area (Å²) in [4.78, 5) is 8.56. The number of ether oxygens (including phenoxy) is 2. The van der Waals surface area contributed by atoms with Crippen LogP contribution in [-0.4, -0.2) is 47.0 Å². The molecular weight excluding hydrogens is 354 g/mol. The zero-order chi connectivity index (χ0) is 18.0. The zero-order valence-corrected chi connectivity index (χ0v) is 15.2. The number of nitrogens with one attached hydrogen (secondary N) is 2. The average molecular weight is 374 g/mol. The van der Waals surface area contributed by atoms with Gasteiger partial charge in [-0.25, -0.2) is 9.97 Å². The van der Waals surface area contributed by atoms with Gasteiger partial charge < -0.3 is 14.8 Å². The first kappa shape index (κ1) is 17.1. The van der Waals surface area contributed by atoms with E-state index in [0.29, 0.717) is 30.4 Å². The molecule has 0 atom stereocenters. The van der Waals surface area contributed by atoms with Gasteiger partial charge in [-0.15, -0.1) is 0 Å². The largest absolute Gasteiger partial charge is 0.496 e. The van der Waals surface area contributed by atoms with Crippen molar-refractivity contribution in [3.05, 3.63) is 41.3 Å². The zero-order valence-electron chi connectivity index (χ0n) is 14.5. The number of H-pyrrole nitrogens is 1. The number of aromatic amines is 1. The minimum absolute atomic E-state index is 0.157. The van der Waals surface area contributed by atoms with Gasteiger partial charge in [0.15, 0.2) is 5.65 Å². The summed E-state index contributed by atoms with van der Waals surface area (Å²) >= 11 is 6.30. The molecule has 1 saturated heterocycles. The highest BCUT2D eigenvalue weighted by atomic mass is 35.5. The molecule has 3 aromatic rings. The van der Waals surface area contributed by atoms with Crippen LogP contribution in [-0.2, 0) is 10.2 Å². The van der Waals surface area contributed by atoms with Crippen molar-refractivity contribution >= 4 is 28.5 Å². The maximum Gasteiger partial charge on any atom is 0.160 e. The smallest absolute Gasteiger partial charge is 0.160 e. The summed E-state index contributed by atoms with van der Waals surface area (Å²) in [7, 11) is 1.69. The molecule has 1 fully saturated rings. The summed E-state index contributed by atoms with van der Waals surface area (Å²) in [6.45, 7) is 2.08. The van der Waals surface area contributed by atoms with E-state index in [-0.39, 0.29) is 5.41 Å². The molecule has 3 heterocycles. The van der Waals surface area contributed by atoms with Gasteiger partial charge in [-0.05, 0) is 31.0 Å². The SMILES string of the molecule is COc1ccc(Cl)cc1C1(CNc2ncnc3[nH]ncc23)CCOCC1. The van der Waals surface area contributed by atoms with Crippen LogP contribution in [0, 0.1) is 0 Å². The Kier molecular flexibility index (Phi) is 4.65. The maximum absolute atomic E-state index is 6.30. The fraction of sp³-hybridized carbons (Fsp3) is 0.389. The Hall–Kier alpha value is -2.38. The van der Waals surface area contributed by atoms with Crippen molar-refractivity contribution in [2.45, 2.75) is 18.3 Å². The van der Waals surface area contributed by atoms with Crippen molar-refractivity contribution in [3.63, 3.8) is 0 Å². The van der Waals surface area contributed by atoms with E-state index in [1.165, 1.54) is 6.33 Å². The van der Waals surface area contributed by atoms with Crippen LogP contribution in [0.15, 0.2) is 30.7 Å². The van der Waals surface area contributed by atoms with Gasteiger partial charge >= 0.3 is 0 Å². The number of anilines is 1. The topological polar surface area (TPSA) is 85.0 Å². The first-order valence-corrected chi connectivity index (χ1v) is 8.89. The Morgan fingerprint density at radius 2 is 2.15 bits per heavy atom.